The molecule has 8 aromatic carbocycles. The van der Waals surface area contributed by atoms with E-state index in [9.17, 15) is 0 Å². The zero-order valence-corrected chi connectivity index (χ0v) is 33.9. The molecule has 0 N–H and O–H groups in total. The molecular weight excluding hydrogens is 769 g/mol. The van der Waals surface area contributed by atoms with Crippen LogP contribution in [0.15, 0.2) is 206 Å². The Hall–Kier alpha value is -7.38. The topological polar surface area (TPSA) is 35.6 Å². The van der Waals surface area contributed by atoms with Gasteiger partial charge in [0, 0.05) is 33.3 Å². The molecule has 60 heavy (non-hydrogen) atoms. The SMILES string of the molecule is c1ccc(-c2c(-c3nc4ccccc4s3)c3ccccc3n2-c2ccc(-c3ccc(-n4c(-c5ccccc5)c(-c5nc6ccccc6s5)c5ccccc54)cc3)cc2)cc1. The van der Waals surface area contributed by atoms with Gasteiger partial charge in [-0.25, -0.2) is 9.97 Å². The van der Waals surface area contributed by atoms with E-state index in [-0.39, 0.29) is 0 Å². The van der Waals surface area contributed by atoms with Crippen LogP contribution in [0, 0.1) is 0 Å². The summed E-state index contributed by atoms with van der Waals surface area (Å²) in [5.41, 5.74) is 15.8. The lowest BCUT2D eigenvalue weighted by Crippen LogP contribution is -1.98. The first-order chi connectivity index (χ1) is 29.8. The second-order valence-electron chi connectivity index (χ2n) is 15.0. The van der Waals surface area contributed by atoms with Crippen LogP contribution in [-0.4, -0.2) is 19.1 Å². The van der Waals surface area contributed by atoms with Gasteiger partial charge in [0.25, 0.3) is 0 Å². The van der Waals surface area contributed by atoms with Crippen LogP contribution in [-0.2, 0) is 0 Å². The fourth-order valence-electron chi connectivity index (χ4n) is 8.75. The molecule has 0 saturated heterocycles. The van der Waals surface area contributed by atoms with Crippen LogP contribution < -0.4 is 0 Å². The number of aromatic nitrogens is 4. The van der Waals surface area contributed by atoms with Gasteiger partial charge in [0.1, 0.15) is 10.0 Å². The van der Waals surface area contributed by atoms with Gasteiger partial charge in [-0.3, -0.25) is 0 Å². The third-order valence-electron chi connectivity index (χ3n) is 11.4. The Labute approximate surface area is 354 Å². The zero-order valence-electron chi connectivity index (χ0n) is 32.2. The zero-order chi connectivity index (χ0) is 39.6. The van der Waals surface area contributed by atoms with Crippen molar-refractivity contribution < 1.29 is 0 Å². The molecule has 6 heteroatoms. The van der Waals surface area contributed by atoms with E-state index < -0.39 is 0 Å². The van der Waals surface area contributed by atoms with Gasteiger partial charge in [-0.2, -0.15) is 0 Å². The first-order valence-corrected chi connectivity index (χ1v) is 21.7. The van der Waals surface area contributed by atoms with Crippen molar-refractivity contribution in [2.45, 2.75) is 0 Å². The van der Waals surface area contributed by atoms with E-state index >= 15 is 0 Å². The van der Waals surface area contributed by atoms with E-state index in [0.717, 1.165) is 88.2 Å². The summed E-state index contributed by atoms with van der Waals surface area (Å²) in [7, 11) is 0. The molecule has 4 aromatic heterocycles. The predicted molar refractivity (Wildman–Crippen MR) is 254 cm³/mol. The normalized spacial score (nSPS) is 11.7. The van der Waals surface area contributed by atoms with Crippen molar-refractivity contribution >= 4 is 64.9 Å². The van der Waals surface area contributed by atoms with Gasteiger partial charge in [-0.1, -0.05) is 146 Å². The highest BCUT2D eigenvalue weighted by Gasteiger charge is 2.25. The van der Waals surface area contributed by atoms with Crippen LogP contribution in [0.1, 0.15) is 0 Å². The summed E-state index contributed by atoms with van der Waals surface area (Å²) in [5, 5.41) is 4.43. The Bertz CT molecular complexity index is 3220. The summed E-state index contributed by atoms with van der Waals surface area (Å²) < 4.78 is 7.19. The van der Waals surface area contributed by atoms with E-state index in [4.69, 9.17) is 9.97 Å². The first-order valence-electron chi connectivity index (χ1n) is 20.1. The molecule has 12 aromatic rings. The average molecular weight is 803 g/mol. The number of fused-ring (bicyclic) bond motifs is 4. The van der Waals surface area contributed by atoms with E-state index in [1.807, 2.05) is 0 Å². The van der Waals surface area contributed by atoms with Crippen molar-refractivity contribution in [1.82, 2.24) is 19.1 Å². The molecule has 0 aliphatic heterocycles. The standard InChI is InChI=1S/C54H34N4S2/c1-3-15-37(16-4-1)51-49(53-55-43-21-9-13-25-47(43)59-53)41-19-7-11-23-45(41)57(51)39-31-27-35(28-32-39)36-29-33-40(34-30-36)58-46-24-12-8-20-42(46)50(52(58)38-17-5-2-6-18-38)54-56-44-22-10-14-26-48(44)60-54/h1-34H. The Kier molecular flexibility index (Phi) is 8.18. The van der Waals surface area contributed by atoms with Crippen LogP contribution >= 0.6 is 22.7 Å². The molecule has 0 spiro atoms. The Balaban J connectivity index is 0.973. The molecule has 0 saturated carbocycles. The first kappa shape index (κ1) is 34.6. The second-order valence-corrected chi connectivity index (χ2v) is 17.0. The monoisotopic (exact) mass is 802 g/mol. The largest absolute Gasteiger partial charge is 0.309 e. The van der Waals surface area contributed by atoms with E-state index in [0.29, 0.717) is 0 Å². The van der Waals surface area contributed by atoms with Crippen molar-refractivity contribution in [2.75, 3.05) is 0 Å². The van der Waals surface area contributed by atoms with Crippen molar-refractivity contribution in [3.05, 3.63) is 206 Å². The van der Waals surface area contributed by atoms with Crippen LogP contribution in [0.3, 0.4) is 0 Å². The molecule has 12 rings (SSSR count). The van der Waals surface area contributed by atoms with Gasteiger partial charge in [-0.15, -0.1) is 22.7 Å². The van der Waals surface area contributed by atoms with Crippen molar-refractivity contribution in [1.29, 1.82) is 0 Å². The van der Waals surface area contributed by atoms with Gasteiger partial charge in [-0.05, 0) is 82.9 Å². The number of hydrogen-bond acceptors (Lipinski definition) is 4. The Morgan fingerprint density at radius 3 is 1.10 bits per heavy atom. The highest BCUT2D eigenvalue weighted by atomic mass is 32.1. The maximum Gasteiger partial charge on any atom is 0.127 e. The number of para-hydroxylation sites is 4. The minimum absolute atomic E-state index is 1.03. The van der Waals surface area contributed by atoms with E-state index in [2.05, 4.69) is 215 Å². The molecule has 282 valence electrons. The van der Waals surface area contributed by atoms with Crippen molar-refractivity contribution in [3.63, 3.8) is 0 Å². The van der Waals surface area contributed by atoms with Gasteiger partial charge in [0.15, 0.2) is 0 Å². The Morgan fingerprint density at radius 2 is 0.683 bits per heavy atom. The lowest BCUT2D eigenvalue weighted by atomic mass is 10.0. The van der Waals surface area contributed by atoms with Gasteiger partial charge in [0.05, 0.1) is 42.9 Å². The number of benzene rings is 8. The van der Waals surface area contributed by atoms with Crippen LogP contribution in [0.25, 0.3) is 108 Å². The number of rotatable bonds is 7. The minimum Gasteiger partial charge on any atom is -0.309 e. The molecule has 0 bridgehead atoms. The lowest BCUT2D eigenvalue weighted by molar-refractivity contribution is 1.13. The third kappa shape index (κ3) is 5.64. The predicted octanol–water partition coefficient (Wildman–Crippen LogP) is 15.1. The smallest absolute Gasteiger partial charge is 0.127 e. The van der Waals surface area contributed by atoms with Crippen LogP contribution in [0.2, 0.25) is 0 Å². The average Bonchev–Trinajstić information content (AvgIpc) is 4.10. The van der Waals surface area contributed by atoms with E-state index in [1.165, 1.54) is 20.2 Å². The minimum atomic E-state index is 1.03. The molecule has 4 nitrogen and oxygen atoms in total. The highest BCUT2D eigenvalue weighted by molar-refractivity contribution is 7.22. The number of nitrogens with zero attached hydrogens (tertiary/aromatic N) is 4. The third-order valence-corrected chi connectivity index (χ3v) is 13.6. The molecular formula is C54H34N4S2. The summed E-state index contributed by atoms with van der Waals surface area (Å²) in [4.78, 5) is 10.3. The molecule has 0 aliphatic rings. The van der Waals surface area contributed by atoms with Gasteiger partial charge >= 0.3 is 0 Å². The quantitative estimate of drug-likeness (QED) is 0.161. The van der Waals surface area contributed by atoms with Crippen molar-refractivity contribution in [2.24, 2.45) is 0 Å². The fraction of sp³-hybridized carbons (Fsp3) is 0. The maximum absolute atomic E-state index is 5.17. The molecule has 4 heterocycles. The lowest BCUT2D eigenvalue weighted by Gasteiger charge is -2.15. The summed E-state index contributed by atoms with van der Waals surface area (Å²) in [5.74, 6) is 0. The molecule has 0 unspecified atom stereocenters. The Morgan fingerprint density at radius 1 is 0.317 bits per heavy atom. The highest BCUT2D eigenvalue weighted by Crippen LogP contribution is 2.47. The fourth-order valence-corrected chi connectivity index (χ4v) is 10.8. The molecule has 0 fully saturated rings. The molecule has 0 atom stereocenters. The van der Waals surface area contributed by atoms with Crippen LogP contribution in [0.5, 0.6) is 0 Å². The number of thiazole rings is 2. The summed E-state index contributed by atoms with van der Waals surface area (Å²) >= 11 is 3.51. The second kappa shape index (κ2) is 14.2. The molecule has 0 aliphatic carbocycles. The maximum atomic E-state index is 5.17. The van der Waals surface area contributed by atoms with Crippen LogP contribution in [0.4, 0.5) is 0 Å². The van der Waals surface area contributed by atoms with Gasteiger partial charge < -0.3 is 9.13 Å². The van der Waals surface area contributed by atoms with Crippen molar-refractivity contribution in [3.8, 4) is 66.2 Å². The summed E-state index contributed by atoms with van der Waals surface area (Å²) in [6, 6.07) is 73.7. The number of hydrogen-bond donors (Lipinski definition) is 0. The van der Waals surface area contributed by atoms with E-state index in [1.54, 1.807) is 22.7 Å². The van der Waals surface area contributed by atoms with Gasteiger partial charge in [0.2, 0.25) is 0 Å². The molecule has 0 amide bonds. The summed E-state index contributed by atoms with van der Waals surface area (Å²) in [6.45, 7) is 0. The molecule has 0 radical (unpaired) electrons. The summed E-state index contributed by atoms with van der Waals surface area (Å²) in [6.07, 6.45) is 0.